The second-order valence-electron chi connectivity index (χ2n) is 10.9. The van der Waals surface area contributed by atoms with E-state index in [1.54, 1.807) is 0 Å². The summed E-state index contributed by atoms with van der Waals surface area (Å²) in [6.45, 7) is 6.15. The molecule has 1 saturated carbocycles. The summed E-state index contributed by atoms with van der Waals surface area (Å²) in [5.41, 5.74) is 0. The zero-order valence-corrected chi connectivity index (χ0v) is 19.5. The summed E-state index contributed by atoms with van der Waals surface area (Å²) in [7, 11) is 4.06. The first kappa shape index (κ1) is 22.4. The second-order valence-corrected chi connectivity index (χ2v) is 10.9. The molecule has 7 nitrogen and oxygen atoms in total. The molecule has 4 bridgehead atoms. The summed E-state index contributed by atoms with van der Waals surface area (Å²) in [5, 5.41) is 15.3. The van der Waals surface area contributed by atoms with Gasteiger partial charge in [-0.3, -0.25) is 20.9 Å². The lowest BCUT2D eigenvalue weighted by Gasteiger charge is -2.47. The monoisotopic (exact) mass is 438 g/mol. The van der Waals surface area contributed by atoms with Crippen LogP contribution < -0.4 is 21.3 Å². The zero-order chi connectivity index (χ0) is 21.5. The van der Waals surface area contributed by atoms with Crippen LogP contribution in [0.2, 0.25) is 0 Å². The fourth-order valence-electron chi connectivity index (χ4n) is 7.28. The normalized spacial score (nSPS) is 49.9. The summed E-state index contributed by atoms with van der Waals surface area (Å²) in [6, 6.07) is 2.03. The number of nitrogens with one attached hydrogen (secondary N) is 4. The fourth-order valence-corrected chi connectivity index (χ4v) is 7.28. The Hall–Kier alpha value is -0.350. The van der Waals surface area contributed by atoms with E-state index < -0.39 is 6.17 Å². The first-order chi connectivity index (χ1) is 15.0. The molecule has 5 aliphatic rings. The lowest BCUT2D eigenvalue weighted by atomic mass is 9.74. The van der Waals surface area contributed by atoms with Crippen LogP contribution in [0.15, 0.2) is 0 Å². The lowest BCUT2D eigenvalue weighted by Crippen LogP contribution is -2.61. The van der Waals surface area contributed by atoms with Crippen LogP contribution >= 0.6 is 0 Å². The van der Waals surface area contributed by atoms with Gasteiger partial charge in [-0.15, -0.1) is 0 Å². The third-order valence-electron chi connectivity index (χ3n) is 8.62. The van der Waals surface area contributed by atoms with Crippen molar-refractivity contribution in [3.05, 3.63) is 0 Å². The number of hydrogen-bond acceptors (Lipinski definition) is 7. The number of rotatable bonds is 1. The maximum Gasteiger partial charge on any atom is 0.102 e. The molecule has 0 aromatic carbocycles. The Morgan fingerprint density at radius 3 is 2.65 bits per heavy atom. The quantitative estimate of drug-likeness (QED) is 0.475. The average Bonchev–Trinajstić information content (AvgIpc) is 3.29. The molecule has 0 radical (unpaired) electrons. The minimum atomic E-state index is -0.702. The molecule has 31 heavy (non-hydrogen) atoms. The highest BCUT2D eigenvalue weighted by atomic mass is 19.1. The van der Waals surface area contributed by atoms with E-state index in [1.165, 1.54) is 19.3 Å². The van der Waals surface area contributed by atoms with Crippen molar-refractivity contribution < 1.29 is 9.13 Å². The molecule has 4 saturated heterocycles. The molecule has 0 aromatic heterocycles. The average molecular weight is 439 g/mol. The van der Waals surface area contributed by atoms with Gasteiger partial charge >= 0.3 is 0 Å². The maximum absolute atomic E-state index is 14.9. The third kappa shape index (κ3) is 4.81. The van der Waals surface area contributed by atoms with E-state index in [2.05, 4.69) is 45.0 Å². The number of fused-ring (bicyclic) bond motifs is 5. The van der Waals surface area contributed by atoms with E-state index in [9.17, 15) is 4.39 Å². The van der Waals surface area contributed by atoms with Gasteiger partial charge in [0, 0.05) is 63.5 Å². The summed E-state index contributed by atoms with van der Waals surface area (Å²) >= 11 is 0. The van der Waals surface area contributed by atoms with E-state index in [4.69, 9.17) is 4.74 Å². The third-order valence-corrected chi connectivity index (χ3v) is 8.62. The van der Waals surface area contributed by atoms with E-state index in [1.807, 2.05) is 7.11 Å². The zero-order valence-electron chi connectivity index (χ0n) is 19.5. The van der Waals surface area contributed by atoms with Crippen molar-refractivity contribution >= 4 is 0 Å². The van der Waals surface area contributed by atoms with Crippen molar-refractivity contribution in [2.24, 2.45) is 5.92 Å². The molecular formula is C23H43FN6O. The van der Waals surface area contributed by atoms with Crippen LogP contribution in [0.5, 0.6) is 0 Å². The number of ether oxygens (including phenoxy) is 1. The van der Waals surface area contributed by atoms with Crippen LogP contribution in [0.4, 0.5) is 4.39 Å². The predicted octanol–water partition coefficient (Wildman–Crippen LogP) is 0.472. The molecule has 0 aromatic rings. The number of piperidine rings is 1. The molecule has 5 fully saturated rings. The molecular weight excluding hydrogens is 395 g/mol. The molecule has 10 atom stereocenters. The Morgan fingerprint density at radius 2 is 1.81 bits per heavy atom. The molecule has 4 aliphatic heterocycles. The highest BCUT2D eigenvalue weighted by molar-refractivity contribution is 5.07. The van der Waals surface area contributed by atoms with Crippen molar-refractivity contribution in [2.75, 3.05) is 40.3 Å². The molecule has 178 valence electrons. The molecule has 5 rings (SSSR count). The minimum absolute atomic E-state index is 0.157. The number of nitrogens with zero attached hydrogens (tertiary/aromatic N) is 2. The number of likely N-dealkylation sites (N-methyl/N-ethyl adjacent to an activating group) is 1. The lowest BCUT2D eigenvalue weighted by molar-refractivity contribution is -0.00248. The standard InChI is InChI=1S/C23H43FN6O/c1-14-26-21-8-15(24)7-19-20-5-4-6-22(28-20)27-16-9-17(25-10-16)11-29(2)12-18(31-3)13-30(14)23(19)21/h14-23,25-28H,4-13H2,1-3H3/t14?,15?,16-,17-,18+,19?,20?,21?,22?,23?/m0/s1. The summed E-state index contributed by atoms with van der Waals surface area (Å²) in [6.07, 6.45) is 6.09. The van der Waals surface area contributed by atoms with Crippen molar-refractivity contribution in [3.8, 4) is 0 Å². The maximum atomic E-state index is 14.9. The summed E-state index contributed by atoms with van der Waals surface area (Å²) in [4.78, 5) is 5.03. The second kappa shape index (κ2) is 9.49. The van der Waals surface area contributed by atoms with E-state index in [0.29, 0.717) is 49.1 Å². The Kier molecular flexibility index (Phi) is 6.87. The number of halogens is 1. The van der Waals surface area contributed by atoms with Crippen LogP contribution in [-0.4, -0.2) is 105 Å². The highest BCUT2D eigenvalue weighted by Crippen LogP contribution is 2.39. The van der Waals surface area contributed by atoms with Gasteiger partial charge < -0.3 is 15.0 Å². The number of hydrogen-bond donors (Lipinski definition) is 4. The number of alkyl halides is 1. The van der Waals surface area contributed by atoms with Crippen molar-refractivity contribution in [1.82, 2.24) is 31.1 Å². The van der Waals surface area contributed by atoms with Gasteiger partial charge in [-0.05, 0) is 58.4 Å². The van der Waals surface area contributed by atoms with Gasteiger partial charge in [-0.2, -0.15) is 0 Å². The van der Waals surface area contributed by atoms with Gasteiger partial charge in [-0.25, -0.2) is 4.39 Å². The van der Waals surface area contributed by atoms with Crippen molar-refractivity contribution in [2.45, 2.75) is 100 Å². The minimum Gasteiger partial charge on any atom is -0.379 e. The van der Waals surface area contributed by atoms with Crippen LogP contribution in [0, 0.1) is 5.92 Å². The first-order valence-electron chi connectivity index (χ1n) is 12.6. The molecule has 7 unspecified atom stereocenters. The SMILES string of the molecule is CO[C@@H]1CN(C)C[C@@H]2C[C@@H](CN2)NC2CCCC(N2)C2CC(F)CC3NC(C)N(C1)C32. The Morgan fingerprint density at radius 1 is 0.935 bits per heavy atom. The van der Waals surface area contributed by atoms with Crippen molar-refractivity contribution in [1.29, 1.82) is 0 Å². The predicted molar refractivity (Wildman–Crippen MR) is 121 cm³/mol. The van der Waals surface area contributed by atoms with Gasteiger partial charge in [0.25, 0.3) is 0 Å². The smallest absolute Gasteiger partial charge is 0.102 e. The number of methoxy groups -OCH3 is 1. The Labute approximate surface area is 187 Å². The van der Waals surface area contributed by atoms with Gasteiger partial charge in [-0.1, -0.05) is 0 Å². The van der Waals surface area contributed by atoms with Gasteiger partial charge in [0.1, 0.15) is 6.17 Å². The van der Waals surface area contributed by atoms with Crippen molar-refractivity contribution in [3.63, 3.8) is 0 Å². The van der Waals surface area contributed by atoms with E-state index >= 15 is 0 Å². The van der Waals surface area contributed by atoms with Crippen LogP contribution in [0.25, 0.3) is 0 Å². The Balaban J connectivity index is 1.42. The van der Waals surface area contributed by atoms with Gasteiger partial charge in [0.15, 0.2) is 0 Å². The first-order valence-corrected chi connectivity index (χ1v) is 12.6. The topological polar surface area (TPSA) is 63.8 Å². The van der Waals surface area contributed by atoms with Crippen LogP contribution in [0.3, 0.4) is 0 Å². The van der Waals surface area contributed by atoms with Gasteiger partial charge in [0.2, 0.25) is 0 Å². The Bertz CT molecular complexity index is 613. The van der Waals surface area contributed by atoms with E-state index in [-0.39, 0.29) is 18.3 Å². The fraction of sp³-hybridized carbons (Fsp3) is 1.00. The highest BCUT2D eigenvalue weighted by Gasteiger charge is 2.50. The molecule has 4 N–H and O–H groups in total. The molecule has 4 heterocycles. The van der Waals surface area contributed by atoms with Crippen LogP contribution in [-0.2, 0) is 4.74 Å². The van der Waals surface area contributed by atoms with Crippen LogP contribution in [0.1, 0.15) is 45.4 Å². The molecule has 0 spiro atoms. The summed E-state index contributed by atoms with van der Waals surface area (Å²) in [5.74, 6) is 0.339. The van der Waals surface area contributed by atoms with E-state index in [0.717, 1.165) is 32.6 Å². The largest absolute Gasteiger partial charge is 0.379 e. The molecule has 1 aliphatic carbocycles. The summed E-state index contributed by atoms with van der Waals surface area (Å²) < 4.78 is 20.8. The molecule has 8 heteroatoms. The molecule has 0 amide bonds. The van der Waals surface area contributed by atoms with Gasteiger partial charge in [0.05, 0.1) is 18.4 Å².